The highest BCUT2D eigenvalue weighted by Crippen LogP contribution is 2.28. The second kappa shape index (κ2) is 7.71. The summed E-state index contributed by atoms with van der Waals surface area (Å²) in [4.78, 5) is 16.9. The van der Waals surface area contributed by atoms with Crippen molar-refractivity contribution in [3.05, 3.63) is 48.3 Å². The molecule has 0 fully saturated rings. The maximum Gasteiger partial charge on any atom is 0.287 e. The van der Waals surface area contributed by atoms with E-state index in [4.69, 9.17) is 5.73 Å². The number of nitrogen functional groups attached to an aromatic ring is 1. The van der Waals surface area contributed by atoms with Gasteiger partial charge in [0.05, 0.1) is 0 Å². The first kappa shape index (κ1) is 19.4. The molecule has 0 saturated carbocycles. The summed E-state index contributed by atoms with van der Waals surface area (Å²) in [6.45, 7) is 4.76. The summed E-state index contributed by atoms with van der Waals surface area (Å²) < 4.78 is 27.1. The van der Waals surface area contributed by atoms with Crippen molar-refractivity contribution in [3.63, 3.8) is 0 Å². The zero-order chi connectivity index (χ0) is 20.3. The van der Waals surface area contributed by atoms with E-state index in [0.717, 1.165) is 6.92 Å². The summed E-state index contributed by atoms with van der Waals surface area (Å²) in [7, 11) is 0. The smallest absolute Gasteiger partial charge is 0.287 e. The van der Waals surface area contributed by atoms with Gasteiger partial charge >= 0.3 is 0 Å². The first-order valence-corrected chi connectivity index (χ1v) is 8.70. The molecule has 146 valence electrons. The Balaban J connectivity index is 1.99. The molecule has 0 radical (unpaired) electrons. The Labute approximate surface area is 161 Å². The average molecular weight is 385 g/mol. The van der Waals surface area contributed by atoms with Gasteiger partial charge in [-0.2, -0.15) is 8.78 Å². The van der Waals surface area contributed by atoms with Crippen LogP contribution in [0.2, 0.25) is 0 Å². The molecule has 0 saturated heterocycles. The Bertz CT molecular complexity index is 970. The standard InChI is InChI=1S/C19H21F2N7/c1-11(2)24-16-10-17(25-12-7-8-23-14(9-12)19(3,20)21)28-18(27-16)13-5-4-6-15(22)26-13/h4-11H,1-3H3,(H2,22,26)(H2,23,24,25,27,28). The first-order valence-electron chi connectivity index (χ1n) is 8.70. The van der Waals surface area contributed by atoms with E-state index >= 15 is 0 Å². The van der Waals surface area contributed by atoms with E-state index in [0.29, 0.717) is 34.7 Å². The van der Waals surface area contributed by atoms with Crippen LogP contribution in [-0.4, -0.2) is 26.0 Å². The summed E-state index contributed by atoms with van der Waals surface area (Å²) >= 11 is 0. The second-order valence-corrected chi connectivity index (χ2v) is 6.65. The number of nitrogens with zero attached hydrogens (tertiary/aromatic N) is 4. The highest BCUT2D eigenvalue weighted by molar-refractivity contribution is 5.64. The number of rotatable bonds is 6. The first-order chi connectivity index (χ1) is 13.2. The maximum absolute atomic E-state index is 13.6. The number of nitrogens with one attached hydrogen (secondary N) is 2. The maximum atomic E-state index is 13.6. The van der Waals surface area contributed by atoms with E-state index in [-0.39, 0.29) is 11.7 Å². The summed E-state index contributed by atoms with van der Waals surface area (Å²) in [5.41, 5.74) is 6.37. The average Bonchev–Trinajstić information content (AvgIpc) is 2.60. The van der Waals surface area contributed by atoms with Gasteiger partial charge in [0.2, 0.25) is 0 Å². The fraction of sp³-hybridized carbons (Fsp3) is 0.263. The van der Waals surface area contributed by atoms with Crippen molar-refractivity contribution in [3.8, 4) is 11.5 Å². The third-order valence-corrected chi connectivity index (χ3v) is 3.64. The fourth-order valence-electron chi connectivity index (χ4n) is 2.47. The number of alkyl halides is 2. The molecule has 4 N–H and O–H groups in total. The van der Waals surface area contributed by atoms with Crippen molar-refractivity contribution < 1.29 is 8.78 Å². The summed E-state index contributed by atoms with van der Waals surface area (Å²) in [6, 6.07) is 9.88. The molecule has 0 aliphatic rings. The number of anilines is 4. The minimum absolute atomic E-state index is 0.135. The second-order valence-electron chi connectivity index (χ2n) is 6.65. The van der Waals surface area contributed by atoms with Crippen molar-refractivity contribution in [1.29, 1.82) is 0 Å². The molecule has 3 rings (SSSR count). The van der Waals surface area contributed by atoms with Crippen LogP contribution in [0.3, 0.4) is 0 Å². The summed E-state index contributed by atoms with van der Waals surface area (Å²) in [5.74, 6) is -1.34. The van der Waals surface area contributed by atoms with E-state index in [9.17, 15) is 8.78 Å². The highest BCUT2D eigenvalue weighted by Gasteiger charge is 2.26. The van der Waals surface area contributed by atoms with E-state index in [1.165, 1.54) is 12.3 Å². The van der Waals surface area contributed by atoms with E-state index < -0.39 is 5.92 Å². The van der Waals surface area contributed by atoms with Crippen LogP contribution in [0.5, 0.6) is 0 Å². The third-order valence-electron chi connectivity index (χ3n) is 3.64. The lowest BCUT2D eigenvalue weighted by Crippen LogP contribution is -2.13. The van der Waals surface area contributed by atoms with Crippen molar-refractivity contribution in [2.24, 2.45) is 0 Å². The normalized spacial score (nSPS) is 11.5. The van der Waals surface area contributed by atoms with Gasteiger partial charge in [-0.1, -0.05) is 6.07 Å². The van der Waals surface area contributed by atoms with E-state index in [1.54, 1.807) is 30.3 Å². The van der Waals surface area contributed by atoms with Crippen LogP contribution in [0.1, 0.15) is 26.5 Å². The Morgan fingerprint density at radius 1 is 1.04 bits per heavy atom. The van der Waals surface area contributed by atoms with Crippen LogP contribution >= 0.6 is 0 Å². The fourth-order valence-corrected chi connectivity index (χ4v) is 2.47. The van der Waals surface area contributed by atoms with Gasteiger partial charge < -0.3 is 16.4 Å². The topological polar surface area (TPSA) is 102 Å². The van der Waals surface area contributed by atoms with Gasteiger partial charge in [0.1, 0.15) is 28.8 Å². The summed E-state index contributed by atoms with van der Waals surface area (Å²) in [6.07, 6.45) is 1.32. The molecule has 0 atom stereocenters. The number of hydrogen-bond acceptors (Lipinski definition) is 7. The van der Waals surface area contributed by atoms with Crippen molar-refractivity contribution in [2.75, 3.05) is 16.4 Å². The Morgan fingerprint density at radius 3 is 2.46 bits per heavy atom. The number of hydrogen-bond donors (Lipinski definition) is 3. The molecule has 0 aliphatic heterocycles. The quantitative estimate of drug-likeness (QED) is 0.585. The molecule has 0 bridgehead atoms. The molecule has 3 aromatic rings. The lowest BCUT2D eigenvalue weighted by molar-refractivity contribution is 0.0128. The Morgan fingerprint density at radius 2 is 1.79 bits per heavy atom. The summed E-state index contributed by atoms with van der Waals surface area (Å²) in [5, 5.41) is 6.24. The molecule has 0 unspecified atom stereocenters. The van der Waals surface area contributed by atoms with Crippen molar-refractivity contribution in [2.45, 2.75) is 32.7 Å². The van der Waals surface area contributed by atoms with Crippen LogP contribution in [0.15, 0.2) is 42.6 Å². The minimum Gasteiger partial charge on any atom is -0.384 e. The third kappa shape index (κ3) is 4.87. The lowest BCUT2D eigenvalue weighted by Gasteiger charge is -2.14. The molecule has 9 heteroatoms. The Kier molecular flexibility index (Phi) is 5.34. The highest BCUT2D eigenvalue weighted by atomic mass is 19.3. The SMILES string of the molecule is CC(C)Nc1cc(Nc2ccnc(C(C)(F)F)c2)nc(-c2cccc(N)n2)n1. The monoisotopic (exact) mass is 385 g/mol. The van der Waals surface area contributed by atoms with E-state index in [1.807, 2.05) is 13.8 Å². The lowest BCUT2D eigenvalue weighted by atomic mass is 10.2. The molecule has 0 amide bonds. The molecule has 0 spiro atoms. The predicted molar refractivity (Wildman–Crippen MR) is 106 cm³/mol. The minimum atomic E-state index is -3.04. The van der Waals surface area contributed by atoms with Crippen LogP contribution in [0, 0.1) is 0 Å². The molecule has 28 heavy (non-hydrogen) atoms. The number of nitrogens with two attached hydrogens (primary N) is 1. The van der Waals surface area contributed by atoms with Gasteiger partial charge in [-0.05, 0) is 38.1 Å². The molecule has 7 nitrogen and oxygen atoms in total. The Hall–Kier alpha value is -3.36. The van der Waals surface area contributed by atoms with Gasteiger partial charge in [-0.25, -0.2) is 15.0 Å². The van der Waals surface area contributed by atoms with Gasteiger partial charge in [-0.3, -0.25) is 4.98 Å². The predicted octanol–water partition coefficient (Wildman–Crippen LogP) is 4.19. The number of pyridine rings is 2. The molecular formula is C19H21F2N7. The zero-order valence-electron chi connectivity index (χ0n) is 15.7. The van der Waals surface area contributed by atoms with Crippen LogP contribution in [0.4, 0.5) is 31.9 Å². The number of aromatic nitrogens is 4. The zero-order valence-corrected chi connectivity index (χ0v) is 15.7. The van der Waals surface area contributed by atoms with Crippen molar-refractivity contribution in [1.82, 2.24) is 19.9 Å². The van der Waals surface area contributed by atoms with Crippen LogP contribution in [-0.2, 0) is 5.92 Å². The van der Waals surface area contributed by atoms with Gasteiger partial charge in [0.25, 0.3) is 5.92 Å². The van der Waals surface area contributed by atoms with Crippen LogP contribution in [0.25, 0.3) is 11.5 Å². The van der Waals surface area contributed by atoms with Gasteiger partial charge in [0.15, 0.2) is 5.82 Å². The number of halogens is 2. The van der Waals surface area contributed by atoms with Crippen molar-refractivity contribution >= 4 is 23.1 Å². The van der Waals surface area contributed by atoms with Crippen LogP contribution < -0.4 is 16.4 Å². The molecule has 0 aromatic carbocycles. The molecule has 3 aromatic heterocycles. The largest absolute Gasteiger partial charge is 0.384 e. The molecular weight excluding hydrogens is 364 g/mol. The molecule has 0 aliphatic carbocycles. The van der Waals surface area contributed by atoms with Gasteiger partial charge in [0, 0.05) is 30.9 Å². The van der Waals surface area contributed by atoms with E-state index in [2.05, 4.69) is 30.6 Å². The molecule has 3 heterocycles. The van der Waals surface area contributed by atoms with Gasteiger partial charge in [-0.15, -0.1) is 0 Å².